The highest BCUT2D eigenvalue weighted by Crippen LogP contribution is 2.38. The van der Waals surface area contributed by atoms with Crippen molar-refractivity contribution in [1.29, 1.82) is 0 Å². The molecule has 0 saturated heterocycles. The van der Waals surface area contributed by atoms with Crippen molar-refractivity contribution < 1.29 is 19.4 Å². The smallest absolute Gasteiger partial charge is 0.335 e. The molecule has 0 unspecified atom stereocenters. The van der Waals surface area contributed by atoms with Crippen LogP contribution in [0.15, 0.2) is 59.1 Å². The number of rotatable bonds is 9. The quantitative estimate of drug-likeness (QED) is 0.314. The standard InChI is InChI=1S/C23H20BrCl2NO4/c1-2-30-21-10-14(12-27-20-11-15(23(28)29)7-8-19(20)26)9-17(24)22(21)31-13-16-5-3-4-6-18(16)25/h3-11,27H,2,12-13H2,1H3,(H,28,29). The van der Waals surface area contributed by atoms with Gasteiger partial charge in [0.2, 0.25) is 0 Å². The van der Waals surface area contributed by atoms with Crippen molar-refractivity contribution >= 4 is 50.8 Å². The zero-order valence-electron chi connectivity index (χ0n) is 16.6. The summed E-state index contributed by atoms with van der Waals surface area (Å²) in [6.07, 6.45) is 0. The molecule has 0 aliphatic heterocycles. The molecule has 0 aliphatic carbocycles. The number of aromatic carboxylic acids is 1. The lowest BCUT2D eigenvalue weighted by molar-refractivity contribution is 0.0697. The summed E-state index contributed by atoms with van der Waals surface area (Å²) < 4.78 is 12.5. The fourth-order valence-corrected chi connectivity index (χ4v) is 3.86. The largest absolute Gasteiger partial charge is 0.490 e. The summed E-state index contributed by atoms with van der Waals surface area (Å²) in [6, 6.07) is 15.8. The van der Waals surface area contributed by atoms with E-state index in [1.807, 2.05) is 43.3 Å². The molecule has 0 heterocycles. The number of anilines is 1. The van der Waals surface area contributed by atoms with E-state index in [4.69, 9.17) is 32.7 Å². The number of carbonyl (C=O) groups is 1. The normalized spacial score (nSPS) is 10.6. The van der Waals surface area contributed by atoms with Crippen molar-refractivity contribution in [3.63, 3.8) is 0 Å². The van der Waals surface area contributed by atoms with E-state index in [1.165, 1.54) is 12.1 Å². The van der Waals surface area contributed by atoms with Gasteiger partial charge in [-0.05, 0) is 64.8 Å². The highest BCUT2D eigenvalue weighted by atomic mass is 79.9. The summed E-state index contributed by atoms with van der Waals surface area (Å²) in [6.45, 7) is 3.08. The van der Waals surface area contributed by atoms with Crippen molar-refractivity contribution in [3.05, 3.63) is 85.8 Å². The Bertz CT molecular complexity index is 1090. The molecule has 0 aromatic heterocycles. The zero-order chi connectivity index (χ0) is 22.4. The summed E-state index contributed by atoms with van der Waals surface area (Å²) in [7, 11) is 0. The molecule has 31 heavy (non-hydrogen) atoms. The molecule has 2 N–H and O–H groups in total. The molecule has 162 valence electrons. The van der Waals surface area contributed by atoms with Gasteiger partial charge in [0.25, 0.3) is 0 Å². The van der Waals surface area contributed by atoms with E-state index >= 15 is 0 Å². The van der Waals surface area contributed by atoms with E-state index in [-0.39, 0.29) is 5.56 Å². The Labute approximate surface area is 199 Å². The third-order valence-electron chi connectivity index (χ3n) is 4.40. The molecule has 0 atom stereocenters. The summed E-state index contributed by atoms with van der Waals surface area (Å²) in [5.41, 5.74) is 2.47. The van der Waals surface area contributed by atoms with Gasteiger partial charge >= 0.3 is 5.97 Å². The van der Waals surface area contributed by atoms with E-state index < -0.39 is 5.97 Å². The fraction of sp³-hybridized carbons (Fsp3) is 0.174. The van der Waals surface area contributed by atoms with E-state index in [2.05, 4.69) is 21.2 Å². The van der Waals surface area contributed by atoms with Crippen molar-refractivity contribution in [1.82, 2.24) is 0 Å². The minimum Gasteiger partial charge on any atom is -0.490 e. The number of carboxylic acid groups (broad SMARTS) is 1. The topological polar surface area (TPSA) is 67.8 Å². The first kappa shape index (κ1) is 23.3. The molecule has 5 nitrogen and oxygen atoms in total. The predicted octanol–water partition coefficient (Wildman–Crippen LogP) is 7.04. The molecule has 0 bridgehead atoms. The van der Waals surface area contributed by atoms with Crippen molar-refractivity contribution in [2.24, 2.45) is 0 Å². The van der Waals surface area contributed by atoms with Crippen molar-refractivity contribution in [2.75, 3.05) is 11.9 Å². The molecule has 0 fully saturated rings. The number of carboxylic acids is 1. The lowest BCUT2D eigenvalue weighted by atomic mass is 10.1. The monoisotopic (exact) mass is 523 g/mol. The molecule has 0 spiro atoms. The average Bonchev–Trinajstić information content (AvgIpc) is 2.73. The van der Waals surface area contributed by atoms with Gasteiger partial charge in [-0.25, -0.2) is 4.79 Å². The van der Waals surface area contributed by atoms with Crippen molar-refractivity contribution in [3.8, 4) is 11.5 Å². The third kappa shape index (κ3) is 6.06. The molecule has 3 rings (SSSR count). The molecular weight excluding hydrogens is 505 g/mol. The van der Waals surface area contributed by atoms with Crippen LogP contribution in [0.3, 0.4) is 0 Å². The van der Waals surface area contributed by atoms with Crippen molar-refractivity contribution in [2.45, 2.75) is 20.1 Å². The summed E-state index contributed by atoms with van der Waals surface area (Å²) in [5.74, 6) is 0.156. The van der Waals surface area contributed by atoms with Gasteiger partial charge in [0.15, 0.2) is 11.5 Å². The Morgan fingerprint density at radius 3 is 2.55 bits per heavy atom. The predicted molar refractivity (Wildman–Crippen MR) is 127 cm³/mol. The maximum absolute atomic E-state index is 11.2. The van der Waals surface area contributed by atoms with Crippen LogP contribution >= 0.6 is 39.1 Å². The van der Waals surface area contributed by atoms with Gasteiger partial charge in [-0.3, -0.25) is 0 Å². The minimum absolute atomic E-state index is 0.159. The number of nitrogens with one attached hydrogen (secondary N) is 1. The number of hydrogen-bond donors (Lipinski definition) is 2. The van der Waals surface area contributed by atoms with Gasteiger partial charge in [-0.1, -0.05) is 41.4 Å². The first-order valence-corrected chi connectivity index (χ1v) is 11.0. The first-order chi connectivity index (χ1) is 14.9. The number of hydrogen-bond acceptors (Lipinski definition) is 4. The lowest BCUT2D eigenvalue weighted by Crippen LogP contribution is -2.05. The van der Waals surface area contributed by atoms with Crippen LogP contribution in [-0.4, -0.2) is 17.7 Å². The Balaban J connectivity index is 1.79. The van der Waals surface area contributed by atoms with E-state index in [9.17, 15) is 9.90 Å². The van der Waals surface area contributed by atoms with Crippen LogP contribution < -0.4 is 14.8 Å². The second-order valence-corrected chi connectivity index (χ2v) is 8.24. The molecule has 8 heteroatoms. The second-order valence-electron chi connectivity index (χ2n) is 6.57. The Kier molecular flexibility index (Phi) is 8.07. The van der Waals surface area contributed by atoms with E-state index in [0.717, 1.165) is 15.6 Å². The van der Waals surface area contributed by atoms with Crippen LogP contribution in [-0.2, 0) is 13.2 Å². The lowest BCUT2D eigenvalue weighted by Gasteiger charge is -2.17. The van der Waals surface area contributed by atoms with Crippen LogP contribution in [0.1, 0.15) is 28.4 Å². The van der Waals surface area contributed by atoms with Crippen LogP contribution in [0, 0.1) is 0 Å². The van der Waals surface area contributed by atoms with E-state index in [1.54, 1.807) is 6.07 Å². The van der Waals surface area contributed by atoms with Gasteiger partial charge in [-0.2, -0.15) is 0 Å². The van der Waals surface area contributed by atoms with Gasteiger partial charge in [0.05, 0.1) is 27.4 Å². The second kappa shape index (κ2) is 10.8. The third-order valence-corrected chi connectivity index (χ3v) is 5.68. The zero-order valence-corrected chi connectivity index (χ0v) is 19.7. The van der Waals surface area contributed by atoms with Crippen LogP contribution in [0.25, 0.3) is 0 Å². The minimum atomic E-state index is -1.01. The summed E-state index contributed by atoms with van der Waals surface area (Å²) >= 11 is 16.0. The van der Waals surface area contributed by atoms with Crippen LogP contribution in [0.5, 0.6) is 11.5 Å². The molecule has 0 aliphatic rings. The molecule has 0 radical (unpaired) electrons. The fourth-order valence-electron chi connectivity index (χ4n) is 2.88. The Morgan fingerprint density at radius 2 is 1.84 bits per heavy atom. The van der Waals surface area contributed by atoms with Gasteiger partial charge in [0, 0.05) is 17.1 Å². The average molecular weight is 525 g/mol. The van der Waals surface area contributed by atoms with Crippen LogP contribution in [0.2, 0.25) is 10.0 Å². The molecule has 3 aromatic rings. The Morgan fingerprint density at radius 1 is 1.06 bits per heavy atom. The maximum atomic E-state index is 11.2. The summed E-state index contributed by atoms with van der Waals surface area (Å²) in [4.78, 5) is 11.2. The highest BCUT2D eigenvalue weighted by Gasteiger charge is 2.14. The number of benzene rings is 3. The van der Waals surface area contributed by atoms with E-state index in [0.29, 0.717) is 47.0 Å². The maximum Gasteiger partial charge on any atom is 0.335 e. The molecule has 0 saturated carbocycles. The van der Waals surface area contributed by atoms with Gasteiger partial charge in [-0.15, -0.1) is 0 Å². The molecule has 3 aromatic carbocycles. The Hall–Kier alpha value is -2.41. The molecular formula is C23H20BrCl2NO4. The van der Waals surface area contributed by atoms with Gasteiger partial charge < -0.3 is 19.9 Å². The SMILES string of the molecule is CCOc1cc(CNc2cc(C(=O)O)ccc2Cl)cc(Br)c1OCc1ccccc1Cl. The van der Waals surface area contributed by atoms with Gasteiger partial charge in [0.1, 0.15) is 6.61 Å². The van der Waals surface area contributed by atoms with Crippen LogP contribution in [0.4, 0.5) is 5.69 Å². The molecule has 0 amide bonds. The first-order valence-electron chi connectivity index (χ1n) is 9.47. The number of halogens is 3. The summed E-state index contributed by atoms with van der Waals surface area (Å²) in [5, 5.41) is 13.4. The highest BCUT2D eigenvalue weighted by molar-refractivity contribution is 9.10. The number of ether oxygens (including phenoxy) is 2.